The van der Waals surface area contributed by atoms with E-state index in [-0.39, 0.29) is 22.1 Å². The molecule has 0 bridgehead atoms. The van der Waals surface area contributed by atoms with Crippen molar-refractivity contribution in [3.8, 4) is 11.5 Å². The summed E-state index contributed by atoms with van der Waals surface area (Å²) in [5.41, 5.74) is 1.47. The largest absolute Gasteiger partial charge is 0.508 e. The number of urea groups is 1. The molecule has 0 spiro atoms. The number of anilines is 2. The number of benzene rings is 2. The van der Waals surface area contributed by atoms with E-state index in [1.165, 1.54) is 49.6 Å². The zero-order valence-corrected chi connectivity index (χ0v) is 16.8. The number of carbonyl (C=O) groups is 1. The van der Waals surface area contributed by atoms with Crippen LogP contribution in [0.4, 0.5) is 16.2 Å². The fourth-order valence-electron chi connectivity index (χ4n) is 2.55. The minimum Gasteiger partial charge on any atom is -0.508 e. The van der Waals surface area contributed by atoms with Gasteiger partial charge >= 0.3 is 6.03 Å². The van der Waals surface area contributed by atoms with Gasteiger partial charge in [0.1, 0.15) is 11.5 Å². The first-order chi connectivity index (χ1) is 14.4. The van der Waals surface area contributed by atoms with Crippen molar-refractivity contribution in [2.75, 3.05) is 17.1 Å². The standard InChI is InChI=1S/C20H20N4O5S/c1-29-19-11-16(25)6-9-18(19)24-30(27,28)17-7-4-15(5-8-17)23-20(26)22-13-14-3-2-10-21-12-14/h2-12,24-25H,13H2,1H3,(H2,22,23,26). The van der Waals surface area contributed by atoms with Crippen LogP contribution in [0.1, 0.15) is 5.56 Å². The Balaban J connectivity index is 1.63. The van der Waals surface area contributed by atoms with Gasteiger partial charge in [-0.15, -0.1) is 0 Å². The zero-order chi connectivity index (χ0) is 21.6. The number of carbonyl (C=O) groups excluding carboxylic acids is 1. The Morgan fingerprint density at radius 1 is 1.13 bits per heavy atom. The van der Waals surface area contributed by atoms with E-state index in [4.69, 9.17) is 4.74 Å². The smallest absolute Gasteiger partial charge is 0.319 e. The molecule has 0 saturated carbocycles. The summed E-state index contributed by atoms with van der Waals surface area (Å²) in [6.45, 7) is 0.310. The third-order valence-corrected chi connectivity index (χ3v) is 5.41. The predicted octanol–water partition coefficient (Wildman–Crippen LogP) is 2.92. The summed E-state index contributed by atoms with van der Waals surface area (Å²) >= 11 is 0. The van der Waals surface area contributed by atoms with Crippen molar-refractivity contribution in [3.05, 3.63) is 72.6 Å². The van der Waals surface area contributed by atoms with Crippen LogP contribution in [-0.4, -0.2) is 31.6 Å². The molecule has 0 radical (unpaired) electrons. The van der Waals surface area contributed by atoms with E-state index in [2.05, 4.69) is 20.3 Å². The number of amides is 2. The molecule has 4 N–H and O–H groups in total. The van der Waals surface area contributed by atoms with Crippen molar-refractivity contribution >= 4 is 27.4 Å². The van der Waals surface area contributed by atoms with Gasteiger partial charge in [-0.1, -0.05) is 6.07 Å². The molecule has 30 heavy (non-hydrogen) atoms. The number of aromatic nitrogens is 1. The van der Waals surface area contributed by atoms with Gasteiger partial charge in [0.2, 0.25) is 0 Å². The van der Waals surface area contributed by atoms with Gasteiger partial charge in [0.25, 0.3) is 10.0 Å². The van der Waals surface area contributed by atoms with Crippen LogP contribution in [0.2, 0.25) is 0 Å². The van der Waals surface area contributed by atoms with Crippen LogP contribution in [-0.2, 0) is 16.6 Å². The number of methoxy groups -OCH3 is 1. The fraction of sp³-hybridized carbons (Fsp3) is 0.100. The highest BCUT2D eigenvalue weighted by Crippen LogP contribution is 2.30. The van der Waals surface area contributed by atoms with E-state index in [1.807, 2.05) is 6.07 Å². The van der Waals surface area contributed by atoms with Gasteiger partial charge in [0.15, 0.2) is 0 Å². The lowest BCUT2D eigenvalue weighted by molar-refractivity contribution is 0.251. The molecule has 10 heteroatoms. The summed E-state index contributed by atoms with van der Waals surface area (Å²) in [7, 11) is -2.53. The van der Waals surface area contributed by atoms with Gasteiger partial charge in [-0.05, 0) is 48.0 Å². The Kier molecular flexibility index (Phi) is 6.38. The van der Waals surface area contributed by atoms with Gasteiger partial charge in [-0.25, -0.2) is 13.2 Å². The molecule has 2 amide bonds. The summed E-state index contributed by atoms with van der Waals surface area (Å²) in [5, 5.41) is 14.8. The first kappa shape index (κ1) is 20.9. The molecule has 0 aliphatic heterocycles. The van der Waals surface area contributed by atoms with E-state index in [0.717, 1.165) is 5.56 Å². The highest BCUT2D eigenvalue weighted by Gasteiger charge is 2.17. The van der Waals surface area contributed by atoms with Crippen LogP contribution in [0.3, 0.4) is 0 Å². The molecule has 9 nitrogen and oxygen atoms in total. The molecule has 2 aromatic carbocycles. The first-order valence-electron chi connectivity index (χ1n) is 8.81. The predicted molar refractivity (Wildman–Crippen MR) is 112 cm³/mol. The highest BCUT2D eigenvalue weighted by atomic mass is 32.2. The SMILES string of the molecule is COc1cc(O)ccc1NS(=O)(=O)c1ccc(NC(=O)NCc2cccnc2)cc1. The summed E-state index contributed by atoms with van der Waals surface area (Å²) < 4.78 is 32.7. The maximum Gasteiger partial charge on any atom is 0.319 e. The minimum absolute atomic E-state index is 0.000976. The minimum atomic E-state index is -3.90. The number of ether oxygens (including phenoxy) is 1. The highest BCUT2D eigenvalue weighted by molar-refractivity contribution is 7.92. The molecule has 1 aromatic heterocycles. The maximum absolute atomic E-state index is 12.6. The van der Waals surface area contributed by atoms with Gasteiger partial charge in [0.05, 0.1) is 17.7 Å². The van der Waals surface area contributed by atoms with Crippen molar-refractivity contribution in [2.45, 2.75) is 11.4 Å². The number of hydrogen-bond acceptors (Lipinski definition) is 6. The quantitative estimate of drug-likeness (QED) is 0.428. The van der Waals surface area contributed by atoms with Crippen LogP contribution in [0.15, 0.2) is 71.9 Å². The van der Waals surface area contributed by atoms with Crippen molar-refractivity contribution in [3.63, 3.8) is 0 Å². The number of nitrogens with zero attached hydrogens (tertiary/aromatic N) is 1. The molecule has 3 rings (SSSR count). The van der Waals surface area contributed by atoms with Crippen molar-refractivity contribution in [1.82, 2.24) is 10.3 Å². The third-order valence-electron chi connectivity index (χ3n) is 4.03. The second-order valence-corrected chi connectivity index (χ2v) is 7.87. The van der Waals surface area contributed by atoms with Crippen LogP contribution in [0.25, 0.3) is 0 Å². The number of rotatable bonds is 7. The molecular formula is C20H20N4O5S. The first-order valence-corrected chi connectivity index (χ1v) is 10.3. The van der Waals surface area contributed by atoms with E-state index >= 15 is 0 Å². The van der Waals surface area contributed by atoms with E-state index in [0.29, 0.717) is 12.2 Å². The summed E-state index contributed by atoms with van der Waals surface area (Å²) in [6, 6.07) is 12.9. The monoisotopic (exact) mass is 428 g/mol. The number of pyridine rings is 1. The lowest BCUT2D eigenvalue weighted by Gasteiger charge is -2.13. The Morgan fingerprint density at radius 2 is 1.90 bits per heavy atom. The summed E-state index contributed by atoms with van der Waals surface area (Å²) in [4.78, 5) is 16.0. The Labute approximate surface area is 173 Å². The van der Waals surface area contributed by atoms with E-state index in [9.17, 15) is 18.3 Å². The number of sulfonamides is 1. The van der Waals surface area contributed by atoms with Gasteiger partial charge < -0.3 is 20.5 Å². The molecule has 0 aliphatic rings. The van der Waals surface area contributed by atoms with Crippen LogP contribution >= 0.6 is 0 Å². The van der Waals surface area contributed by atoms with Crippen LogP contribution < -0.4 is 20.1 Å². The molecular weight excluding hydrogens is 408 g/mol. The number of nitrogens with one attached hydrogen (secondary N) is 3. The second kappa shape index (κ2) is 9.14. The fourth-order valence-corrected chi connectivity index (χ4v) is 3.62. The molecule has 0 saturated heterocycles. The van der Waals surface area contributed by atoms with Gasteiger partial charge in [-0.2, -0.15) is 0 Å². The van der Waals surface area contributed by atoms with E-state index < -0.39 is 16.1 Å². The molecule has 156 valence electrons. The topological polar surface area (TPSA) is 130 Å². The zero-order valence-electron chi connectivity index (χ0n) is 16.0. The lowest BCUT2D eigenvalue weighted by atomic mass is 10.3. The van der Waals surface area contributed by atoms with Gasteiger partial charge in [-0.3, -0.25) is 9.71 Å². The number of phenolic OH excluding ortho intramolecular Hbond substituents is 1. The molecule has 0 unspecified atom stereocenters. The van der Waals surface area contributed by atoms with Crippen LogP contribution in [0.5, 0.6) is 11.5 Å². The Hall–Kier alpha value is -3.79. The van der Waals surface area contributed by atoms with E-state index in [1.54, 1.807) is 18.5 Å². The average Bonchev–Trinajstić information content (AvgIpc) is 2.74. The number of phenols is 1. The number of hydrogen-bond donors (Lipinski definition) is 4. The molecule has 0 aliphatic carbocycles. The van der Waals surface area contributed by atoms with Crippen molar-refractivity contribution in [2.24, 2.45) is 0 Å². The van der Waals surface area contributed by atoms with Gasteiger partial charge in [0, 0.05) is 30.7 Å². The molecule has 0 atom stereocenters. The molecule has 3 aromatic rings. The van der Waals surface area contributed by atoms with Crippen LogP contribution in [0, 0.1) is 0 Å². The average molecular weight is 428 g/mol. The van der Waals surface area contributed by atoms with Crippen molar-refractivity contribution in [1.29, 1.82) is 0 Å². The normalized spacial score (nSPS) is 10.8. The molecule has 1 heterocycles. The Morgan fingerprint density at radius 3 is 2.57 bits per heavy atom. The summed E-state index contributed by atoms with van der Waals surface area (Å²) in [5.74, 6) is 0.133. The lowest BCUT2D eigenvalue weighted by Crippen LogP contribution is -2.28. The third kappa shape index (κ3) is 5.39. The summed E-state index contributed by atoms with van der Waals surface area (Å²) in [6.07, 6.45) is 3.29. The molecule has 0 fully saturated rings. The maximum atomic E-state index is 12.6. The van der Waals surface area contributed by atoms with Crippen molar-refractivity contribution < 1.29 is 23.1 Å². The number of aromatic hydroxyl groups is 1. The second-order valence-electron chi connectivity index (χ2n) is 6.18. The Bertz CT molecular complexity index is 1120.